The summed E-state index contributed by atoms with van der Waals surface area (Å²) in [5.41, 5.74) is 1.09. The van der Waals surface area contributed by atoms with Crippen molar-refractivity contribution in [1.82, 2.24) is 25.5 Å². The maximum atomic E-state index is 12.4. The predicted octanol–water partition coefficient (Wildman–Crippen LogP) is 2.15. The van der Waals surface area contributed by atoms with Crippen LogP contribution in [0.15, 0.2) is 30.6 Å². The molecule has 1 aromatic heterocycles. The standard InChI is InChI=1S/C19H25N5O3/c1-12-5-4-6-17(13(12)2)21-18(25)14(3)27-19(26)15-7-9-16(10-8-15)24-11-20-22-23-24/h7-14,17H,4-6H2,1-3H3,(H,21,25)/t12-,13+,14+,17-/m0/s1. The molecule has 8 nitrogen and oxygen atoms in total. The van der Waals surface area contributed by atoms with Gasteiger partial charge in [0.2, 0.25) is 0 Å². The van der Waals surface area contributed by atoms with Crippen LogP contribution in [0.5, 0.6) is 0 Å². The van der Waals surface area contributed by atoms with Gasteiger partial charge in [0.05, 0.1) is 11.3 Å². The normalized spacial score (nSPS) is 23.4. The first-order valence-corrected chi connectivity index (χ1v) is 9.30. The van der Waals surface area contributed by atoms with Crippen molar-refractivity contribution in [3.05, 3.63) is 36.2 Å². The molecule has 1 aromatic carbocycles. The van der Waals surface area contributed by atoms with Gasteiger partial charge in [-0.15, -0.1) is 5.10 Å². The van der Waals surface area contributed by atoms with Crippen LogP contribution in [0.2, 0.25) is 0 Å². The largest absolute Gasteiger partial charge is 0.449 e. The number of nitrogens with one attached hydrogen (secondary N) is 1. The minimum absolute atomic E-state index is 0.137. The summed E-state index contributed by atoms with van der Waals surface area (Å²) < 4.78 is 6.82. The Kier molecular flexibility index (Phi) is 5.83. The molecular weight excluding hydrogens is 346 g/mol. The molecule has 1 N–H and O–H groups in total. The number of carbonyl (C=O) groups excluding carboxylic acids is 2. The summed E-state index contributed by atoms with van der Waals surface area (Å²) in [5, 5.41) is 14.0. The minimum atomic E-state index is -0.846. The van der Waals surface area contributed by atoms with E-state index in [0.29, 0.717) is 17.4 Å². The van der Waals surface area contributed by atoms with Crippen molar-refractivity contribution in [1.29, 1.82) is 0 Å². The van der Waals surface area contributed by atoms with Crippen molar-refractivity contribution in [2.75, 3.05) is 0 Å². The predicted molar refractivity (Wildman–Crippen MR) is 98.1 cm³/mol. The van der Waals surface area contributed by atoms with Gasteiger partial charge in [-0.1, -0.05) is 26.7 Å². The second-order valence-corrected chi connectivity index (χ2v) is 7.23. The highest BCUT2D eigenvalue weighted by atomic mass is 16.5. The van der Waals surface area contributed by atoms with E-state index in [9.17, 15) is 9.59 Å². The number of nitrogens with zero attached hydrogens (tertiary/aromatic N) is 4. The van der Waals surface area contributed by atoms with Crippen LogP contribution in [0, 0.1) is 11.8 Å². The Labute approximate surface area is 158 Å². The van der Waals surface area contributed by atoms with E-state index in [0.717, 1.165) is 18.5 Å². The van der Waals surface area contributed by atoms with Gasteiger partial charge in [-0.25, -0.2) is 9.48 Å². The fourth-order valence-corrected chi connectivity index (χ4v) is 3.40. The van der Waals surface area contributed by atoms with Gasteiger partial charge in [0.1, 0.15) is 6.33 Å². The first-order valence-electron chi connectivity index (χ1n) is 9.30. The number of tetrazole rings is 1. The van der Waals surface area contributed by atoms with Crippen molar-refractivity contribution in [2.45, 2.75) is 52.2 Å². The monoisotopic (exact) mass is 371 g/mol. The van der Waals surface area contributed by atoms with Gasteiger partial charge in [-0.3, -0.25) is 4.79 Å². The highest BCUT2D eigenvalue weighted by Crippen LogP contribution is 2.29. The zero-order valence-electron chi connectivity index (χ0n) is 15.8. The molecule has 0 unspecified atom stereocenters. The highest BCUT2D eigenvalue weighted by molar-refractivity contribution is 5.92. The van der Waals surface area contributed by atoms with E-state index in [4.69, 9.17) is 4.74 Å². The molecule has 1 fully saturated rings. The lowest BCUT2D eigenvalue weighted by molar-refractivity contribution is -0.130. The zero-order valence-corrected chi connectivity index (χ0v) is 15.8. The lowest BCUT2D eigenvalue weighted by Gasteiger charge is -2.35. The SMILES string of the molecule is C[C@H]1[C@@H](NC(=O)[C@@H](C)OC(=O)c2ccc(-n3cnnn3)cc2)CCC[C@@H]1C. The molecule has 0 saturated heterocycles. The summed E-state index contributed by atoms with van der Waals surface area (Å²) in [6.07, 6.45) is 3.89. The van der Waals surface area contributed by atoms with Crippen molar-refractivity contribution < 1.29 is 14.3 Å². The Hall–Kier alpha value is -2.77. The molecule has 4 atom stereocenters. The molecule has 1 heterocycles. The zero-order chi connectivity index (χ0) is 19.4. The summed E-state index contributed by atoms with van der Waals surface area (Å²) in [6.45, 7) is 5.97. The number of carbonyl (C=O) groups is 2. The smallest absolute Gasteiger partial charge is 0.338 e. The lowest BCUT2D eigenvalue weighted by Crippen LogP contribution is -2.47. The van der Waals surface area contributed by atoms with Crippen molar-refractivity contribution in [2.24, 2.45) is 11.8 Å². The Bertz CT molecular complexity index is 775. The van der Waals surface area contributed by atoms with Gasteiger partial charge in [-0.05, 0) is 59.9 Å². The molecule has 0 radical (unpaired) electrons. The van der Waals surface area contributed by atoms with Crippen LogP contribution >= 0.6 is 0 Å². The van der Waals surface area contributed by atoms with E-state index in [1.807, 2.05) is 0 Å². The molecule has 0 aliphatic heterocycles. The maximum absolute atomic E-state index is 12.4. The van der Waals surface area contributed by atoms with Crippen LogP contribution in [0.3, 0.4) is 0 Å². The first-order chi connectivity index (χ1) is 13.0. The molecular formula is C19H25N5O3. The lowest BCUT2D eigenvalue weighted by atomic mass is 9.78. The summed E-state index contributed by atoms with van der Waals surface area (Å²) in [5.74, 6) is 0.218. The highest BCUT2D eigenvalue weighted by Gasteiger charge is 2.30. The molecule has 144 valence electrons. The van der Waals surface area contributed by atoms with E-state index in [1.54, 1.807) is 31.2 Å². The maximum Gasteiger partial charge on any atom is 0.338 e. The fourth-order valence-electron chi connectivity index (χ4n) is 3.40. The number of hydrogen-bond acceptors (Lipinski definition) is 6. The van der Waals surface area contributed by atoms with Gasteiger partial charge in [-0.2, -0.15) is 0 Å². The number of ether oxygens (including phenoxy) is 1. The van der Waals surface area contributed by atoms with E-state index < -0.39 is 12.1 Å². The topological polar surface area (TPSA) is 99.0 Å². The van der Waals surface area contributed by atoms with Gasteiger partial charge < -0.3 is 10.1 Å². The fraction of sp³-hybridized carbons (Fsp3) is 0.526. The number of amides is 1. The Morgan fingerprint density at radius 2 is 1.96 bits per heavy atom. The van der Waals surface area contributed by atoms with Crippen LogP contribution in [-0.4, -0.2) is 44.2 Å². The van der Waals surface area contributed by atoms with Crippen LogP contribution in [0.4, 0.5) is 0 Å². The quantitative estimate of drug-likeness (QED) is 0.809. The van der Waals surface area contributed by atoms with E-state index in [1.165, 1.54) is 17.4 Å². The summed E-state index contributed by atoms with van der Waals surface area (Å²) in [4.78, 5) is 24.7. The van der Waals surface area contributed by atoms with Gasteiger partial charge >= 0.3 is 5.97 Å². The molecule has 0 spiro atoms. The molecule has 0 bridgehead atoms. The average molecular weight is 371 g/mol. The summed E-state index contributed by atoms with van der Waals surface area (Å²) in [7, 11) is 0. The van der Waals surface area contributed by atoms with E-state index >= 15 is 0 Å². The third-order valence-corrected chi connectivity index (χ3v) is 5.40. The molecule has 1 saturated carbocycles. The Morgan fingerprint density at radius 1 is 1.22 bits per heavy atom. The van der Waals surface area contributed by atoms with Crippen molar-refractivity contribution >= 4 is 11.9 Å². The third kappa shape index (κ3) is 4.50. The second-order valence-electron chi connectivity index (χ2n) is 7.23. The molecule has 2 aromatic rings. The number of hydrogen-bond donors (Lipinski definition) is 1. The molecule has 8 heteroatoms. The van der Waals surface area contributed by atoms with E-state index in [2.05, 4.69) is 34.7 Å². The Balaban J connectivity index is 1.56. The van der Waals surface area contributed by atoms with Gasteiger partial charge in [0, 0.05) is 6.04 Å². The number of esters is 1. The van der Waals surface area contributed by atoms with E-state index in [-0.39, 0.29) is 11.9 Å². The summed E-state index contributed by atoms with van der Waals surface area (Å²) >= 11 is 0. The molecule has 3 rings (SSSR count). The average Bonchev–Trinajstić information content (AvgIpc) is 3.20. The van der Waals surface area contributed by atoms with Crippen molar-refractivity contribution in [3.63, 3.8) is 0 Å². The Morgan fingerprint density at radius 3 is 2.63 bits per heavy atom. The first kappa shape index (κ1) is 19.0. The van der Waals surface area contributed by atoms with Crippen LogP contribution in [0.25, 0.3) is 5.69 Å². The second kappa shape index (κ2) is 8.28. The minimum Gasteiger partial charge on any atom is -0.449 e. The number of benzene rings is 1. The van der Waals surface area contributed by atoms with Crippen LogP contribution < -0.4 is 5.32 Å². The van der Waals surface area contributed by atoms with Crippen molar-refractivity contribution in [3.8, 4) is 5.69 Å². The molecule has 1 amide bonds. The molecule has 1 aliphatic carbocycles. The molecule has 27 heavy (non-hydrogen) atoms. The van der Waals surface area contributed by atoms with Gasteiger partial charge in [0.25, 0.3) is 5.91 Å². The third-order valence-electron chi connectivity index (χ3n) is 5.40. The van der Waals surface area contributed by atoms with Crippen LogP contribution in [-0.2, 0) is 9.53 Å². The number of aromatic nitrogens is 4. The summed E-state index contributed by atoms with van der Waals surface area (Å²) in [6, 6.07) is 6.80. The number of rotatable bonds is 5. The van der Waals surface area contributed by atoms with Crippen LogP contribution in [0.1, 0.15) is 50.4 Å². The molecule has 1 aliphatic rings. The van der Waals surface area contributed by atoms with Gasteiger partial charge in [0.15, 0.2) is 6.10 Å².